The first kappa shape index (κ1) is 25.0. The number of sulfonamides is 1. The van der Waals surface area contributed by atoms with E-state index < -0.39 is 10.0 Å². The highest BCUT2D eigenvalue weighted by molar-refractivity contribution is 7.89. The Morgan fingerprint density at radius 3 is 2.53 bits per heavy atom. The zero-order chi connectivity index (χ0) is 25.4. The highest BCUT2D eigenvalue weighted by Crippen LogP contribution is 2.30. The number of aromatic nitrogens is 2. The van der Waals surface area contributed by atoms with Crippen LogP contribution >= 0.6 is 0 Å². The third-order valence-electron chi connectivity index (χ3n) is 7.79. The fourth-order valence-corrected chi connectivity index (χ4v) is 7.78. The molecule has 36 heavy (non-hydrogen) atoms. The van der Waals surface area contributed by atoms with Crippen LogP contribution in [0.1, 0.15) is 49.1 Å². The summed E-state index contributed by atoms with van der Waals surface area (Å²) in [7, 11) is -3.85. The van der Waals surface area contributed by atoms with Crippen LogP contribution in [0.5, 0.6) is 0 Å². The number of carbonyl (C=O) groups is 2. The summed E-state index contributed by atoms with van der Waals surface area (Å²) < 4.78 is 30.4. The lowest BCUT2D eigenvalue weighted by atomic mass is 9.97. The minimum absolute atomic E-state index is 0.0212. The SMILES string of the molecule is Cc1nn(CC(=O)N2CCc3ccccc32)c(C)c1S(=O)(=O)N1CCCC(C(=O)N2CCCCC2)C1. The first-order valence-corrected chi connectivity index (χ1v) is 14.4. The minimum Gasteiger partial charge on any atom is -0.342 e. The topological polar surface area (TPSA) is 95.8 Å². The van der Waals surface area contributed by atoms with Gasteiger partial charge in [0, 0.05) is 38.4 Å². The summed E-state index contributed by atoms with van der Waals surface area (Å²) in [5.41, 5.74) is 2.89. The maximum absolute atomic E-state index is 13.7. The molecule has 9 nitrogen and oxygen atoms in total. The first-order chi connectivity index (χ1) is 17.3. The molecule has 0 spiro atoms. The predicted octanol–water partition coefficient (Wildman–Crippen LogP) is 2.50. The van der Waals surface area contributed by atoms with Crippen LogP contribution in [0, 0.1) is 19.8 Å². The average molecular weight is 514 g/mol. The summed E-state index contributed by atoms with van der Waals surface area (Å²) in [6.45, 7) is 6.09. The van der Waals surface area contributed by atoms with Crippen LogP contribution in [0.25, 0.3) is 0 Å². The molecule has 0 aliphatic carbocycles. The maximum atomic E-state index is 13.7. The van der Waals surface area contributed by atoms with Crippen LogP contribution in [0.15, 0.2) is 29.2 Å². The number of carbonyl (C=O) groups excluding carboxylic acids is 2. The van der Waals surface area contributed by atoms with Gasteiger partial charge >= 0.3 is 0 Å². The Balaban J connectivity index is 1.33. The quantitative estimate of drug-likeness (QED) is 0.612. The lowest BCUT2D eigenvalue weighted by Crippen LogP contribution is -2.48. The molecule has 10 heteroatoms. The van der Waals surface area contributed by atoms with Gasteiger partial charge in [-0.3, -0.25) is 14.3 Å². The van der Waals surface area contributed by atoms with Crippen LogP contribution < -0.4 is 4.90 Å². The van der Waals surface area contributed by atoms with E-state index >= 15 is 0 Å². The number of piperidine rings is 2. The molecule has 2 fully saturated rings. The molecule has 3 aliphatic heterocycles. The van der Waals surface area contributed by atoms with Crippen LogP contribution in [0.2, 0.25) is 0 Å². The number of amides is 2. The summed E-state index contributed by atoms with van der Waals surface area (Å²) in [4.78, 5) is 30.0. The van der Waals surface area contributed by atoms with Gasteiger partial charge in [-0.15, -0.1) is 0 Å². The molecule has 0 bridgehead atoms. The second kappa shape index (κ2) is 9.97. The highest BCUT2D eigenvalue weighted by Gasteiger charge is 2.38. The maximum Gasteiger partial charge on any atom is 0.248 e. The first-order valence-electron chi connectivity index (χ1n) is 13.0. The van der Waals surface area contributed by atoms with Gasteiger partial charge in [0.05, 0.1) is 17.3 Å². The lowest BCUT2D eigenvalue weighted by Gasteiger charge is -2.35. The molecule has 0 saturated carbocycles. The number of para-hydroxylation sites is 1. The minimum atomic E-state index is -3.85. The molecule has 5 rings (SSSR count). The van der Waals surface area contributed by atoms with E-state index in [1.165, 1.54) is 8.99 Å². The molecule has 2 saturated heterocycles. The van der Waals surface area contributed by atoms with E-state index in [9.17, 15) is 18.0 Å². The molecule has 1 aromatic heterocycles. The number of benzene rings is 1. The summed E-state index contributed by atoms with van der Waals surface area (Å²) in [5.74, 6) is -0.339. The monoisotopic (exact) mass is 513 g/mol. The standard InChI is InChI=1S/C26H35N5O4S/c1-19-25(20(2)31(27-19)18-24(32)30-16-12-21-9-4-5-11-23(21)30)36(34,35)29-15-8-10-22(17-29)26(33)28-13-6-3-7-14-28/h4-5,9,11,22H,3,6-8,10,12-18H2,1-2H3. The molecular formula is C26H35N5O4S. The number of aryl methyl sites for hydroxylation is 1. The summed E-state index contributed by atoms with van der Waals surface area (Å²) in [6.07, 6.45) is 5.35. The molecule has 194 valence electrons. The van der Waals surface area contributed by atoms with E-state index in [0.717, 1.165) is 50.0 Å². The van der Waals surface area contributed by atoms with Gasteiger partial charge in [0.1, 0.15) is 11.4 Å². The Labute approximate surface area is 213 Å². The number of rotatable bonds is 5. The summed E-state index contributed by atoms with van der Waals surface area (Å²) in [5, 5.41) is 4.45. The van der Waals surface area contributed by atoms with Crippen LogP contribution in [0.4, 0.5) is 5.69 Å². The van der Waals surface area contributed by atoms with Crippen molar-refractivity contribution < 1.29 is 18.0 Å². The third-order valence-corrected chi connectivity index (χ3v) is 9.91. The largest absolute Gasteiger partial charge is 0.342 e. The Hall–Kier alpha value is -2.72. The Morgan fingerprint density at radius 1 is 1.00 bits per heavy atom. The molecule has 1 aromatic carbocycles. The molecule has 1 atom stereocenters. The average Bonchev–Trinajstić information content (AvgIpc) is 3.44. The Morgan fingerprint density at radius 2 is 1.75 bits per heavy atom. The molecule has 2 aromatic rings. The van der Waals surface area contributed by atoms with Crippen molar-refractivity contribution >= 4 is 27.5 Å². The lowest BCUT2D eigenvalue weighted by molar-refractivity contribution is -0.137. The number of anilines is 1. The number of likely N-dealkylation sites (tertiary alicyclic amines) is 1. The van der Waals surface area contributed by atoms with E-state index in [4.69, 9.17) is 0 Å². The zero-order valence-corrected chi connectivity index (χ0v) is 22.0. The Kier molecular flexibility index (Phi) is 6.91. The van der Waals surface area contributed by atoms with Gasteiger partial charge in [0.15, 0.2) is 0 Å². The summed E-state index contributed by atoms with van der Waals surface area (Å²) in [6, 6.07) is 7.85. The van der Waals surface area contributed by atoms with Crippen molar-refractivity contribution in [3.8, 4) is 0 Å². The zero-order valence-electron chi connectivity index (χ0n) is 21.1. The van der Waals surface area contributed by atoms with Crippen molar-refractivity contribution in [2.45, 2.75) is 63.8 Å². The van der Waals surface area contributed by atoms with Crippen molar-refractivity contribution in [3.63, 3.8) is 0 Å². The molecule has 0 radical (unpaired) electrons. The number of nitrogens with zero attached hydrogens (tertiary/aromatic N) is 5. The molecule has 1 unspecified atom stereocenters. The molecule has 0 N–H and O–H groups in total. The fraction of sp³-hybridized carbons (Fsp3) is 0.577. The molecular weight excluding hydrogens is 478 g/mol. The van der Waals surface area contributed by atoms with Gasteiger partial charge in [0.25, 0.3) is 0 Å². The number of hydrogen-bond acceptors (Lipinski definition) is 5. The second-order valence-corrected chi connectivity index (χ2v) is 12.0. The van der Waals surface area contributed by atoms with Gasteiger partial charge in [-0.05, 0) is 64.0 Å². The van der Waals surface area contributed by atoms with Crippen molar-refractivity contribution in [2.24, 2.45) is 5.92 Å². The third kappa shape index (κ3) is 4.56. The number of fused-ring (bicyclic) bond motifs is 1. The van der Waals surface area contributed by atoms with Gasteiger partial charge in [-0.1, -0.05) is 18.2 Å². The van der Waals surface area contributed by atoms with Gasteiger partial charge in [-0.2, -0.15) is 9.40 Å². The second-order valence-electron chi connectivity index (χ2n) is 10.2. The summed E-state index contributed by atoms with van der Waals surface area (Å²) >= 11 is 0. The highest BCUT2D eigenvalue weighted by atomic mass is 32.2. The smallest absolute Gasteiger partial charge is 0.248 e. The van der Waals surface area contributed by atoms with E-state index in [-0.39, 0.29) is 35.7 Å². The Bertz CT molecular complexity index is 1270. The van der Waals surface area contributed by atoms with E-state index in [1.807, 2.05) is 29.2 Å². The van der Waals surface area contributed by atoms with Crippen molar-refractivity contribution in [3.05, 3.63) is 41.2 Å². The molecule has 2 amide bonds. The van der Waals surface area contributed by atoms with E-state index in [2.05, 4.69) is 5.10 Å². The van der Waals surface area contributed by atoms with Crippen molar-refractivity contribution in [1.82, 2.24) is 19.0 Å². The van der Waals surface area contributed by atoms with E-state index in [1.54, 1.807) is 18.7 Å². The van der Waals surface area contributed by atoms with Gasteiger partial charge in [0.2, 0.25) is 21.8 Å². The number of hydrogen-bond donors (Lipinski definition) is 0. The molecule has 4 heterocycles. The molecule has 3 aliphatic rings. The van der Waals surface area contributed by atoms with E-state index in [0.29, 0.717) is 37.3 Å². The predicted molar refractivity (Wildman–Crippen MR) is 136 cm³/mol. The van der Waals surface area contributed by atoms with Gasteiger partial charge < -0.3 is 9.80 Å². The van der Waals surface area contributed by atoms with Crippen LogP contribution in [-0.4, -0.2) is 71.9 Å². The van der Waals surface area contributed by atoms with Crippen molar-refractivity contribution in [1.29, 1.82) is 0 Å². The normalized spacial score (nSPS) is 21.0. The van der Waals surface area contributed by atoms with Crippen LogP contribution in [-0.2, 0) is 32.6 Å². The van der Waals surface area contributed by atoms with Crippen LogP contribution in [0.3, 0.4) is 0 Å². The van der Waals surface area contributed by atoms with Gasteiger partial charge in [-0.25, -0.2) is 8.42 Å². The van der Waals surface area contributed by atoms with Crippen molar-refractivity contribution in [2.75, 3.05) is 37.6 Å². The fourth-order valence-electron chi connectivity index (χ4n) is 5.88.